The third kappa shape index (κ3) is 1.84. The number of para-hydroxylation sites is 1. The number of nitrogens with two attached hydrogens (primary N) is 1. The first-order chi connectivity index (χ1) is 6.36. The molecule has 0 saturated heterocycles. The van der Waals surface area contributed by atoms with Gasteiger partial charge in [-0.15, -0.1) is 0 Å². The predicted octanol–water partition coefficient (Wildman–Crippen LogP) is 1.81. The van der Waals surface area contributed by atoms with Crippen molar-refractivity contribution < 1.29 is 0 Å². The molecule has 0 amide bonds. The molecule has 1 aromatic carbocycles. The minimum atomic E-state index is 0.734. The first kappa shape index (κ1) is 8.19. The summed E-state index contributed by atoms with van der Waals surface area (Å²) < 4.78 is 0. The van der Waals surface area contributed by atoms with Gasteiger partial charge in [0.05, 0.1) is 0 Å². The van der Waals surface area contributed by atoms with Crippen LogP contribution in [0.2, 0.25) is 0 Å². The Bertz CT molecular complexity index is 371. The Kier molecular flexibility index (Phi) is 2.23. The van der Waals surface area contributed by atoms with Gasteiger partial charge in [-0.3, -0.25) is 0 Å². The second-order valence-electron chi connectivity index (χ2n) is 2.48. The lowest BCUT2D eigenvalue weighted by Crippen LogP contribution is -2.00. The molecule has 2 N–H and O–H groups in total. The lowest BCUT2D eigenvalue weighted by Gasteiger charge is -2.02. The van der Waals surface area contributed by atoms with Crippen molar-refractivity contribution in [2.24, 2.45) is 4.99 Å². The summed E-state index contributed by atoms with van der Waals surface area (Å²) in [4.78, 5) is 5.04. The summed E-state index contributed by atoms with van der Waals surface area (Å²) in [6, 6.07) is 7.68. The second kappa shape index (κ2) is 3.53. The first-order valence-corrected chi connectivity index (χ1v) is 4.64. The largest absolute Gasteiger partial charge is 0.398 e. The van der Waals surface area contributed by atoms with E-state index in [1.54, 1.807) is 12.4 Å². The van der Waals surface area contributed by atoms with Crippen molar-refractivity contribution in [1.82, 2.24) is 5.32 Å². The number of nitrogen functional groups attached to an aromatic ring is 1. The van der Waals surface area contributed by atoms with E-state index in [2.05, 4.69) is 10.3 Å². The zero-order valence-electron chi connectivity index (χ0n) is 6.84. The number of rotatable bonds is 1. The number of anilines is 1. The molecule has 2 rings (SSSR count). The Labute approximate surface area is 80.7 Å². The van der Waals surface area contributed by atoms with Crippen LogP contribution in [0, 0.1) is 0 Å². The molecule has 4 heteroatoms. The molecule has 65 valence electrons. The molecule has 1 aliphatic rings. The van der Waals surface area contributed by atoms with Gasteiger partial charge in [0.15, 0.2) is 5.17 Å². The number of thioether (sulfide) groups is 1. The van der Waals surface area contributed by atoms with Gasteiger partial charge in [-0.05, 0) is 23.9 Å². The second-order valence-corrected chi connectivity index (χ2v) is 3.49. The molecule has 0 aromatic heterocycles. The van der Waals surface area contributed by atoms with Crippen molar-refractivity contribution >= 4 is 22.6 Å². The molecule has 0 bridgehead atoms. The van der Waals surface area contributed by atoms with Crippen LogP contribution < -0.4 is 11.1 Å². The number of hydrogen-bond acceptors (Lipinski definition) is 3. The summed E-state index contributed by atoms with van der Waals surface area (Å²) in [7, 11) is 0. The van der Waals surface area contributed by atoms with E-state index in [1.165, 1.54) is 11.8 Å². The lowest BCUT2D eigenvalue weighted by atomic mass is 10.3. The van der Waals surface area contributed by atoms with Crippen molar-refractivity contribution in [3.05, 3.63) is 36.7 Å². The number of aliphatic imine (C=N–C) groups is 1. The first-order valence-electron chi connectivity index (χ1n) is 3.82. The molecule has 1 aliphatic heterocycles. The van der Waals surface area contributed by atoms with E-state index in [9.17, 15) is 0 Å². The van der Waals surface area contributed by atoms with Crippen molar-refractivity contribution in [2.45, 2.75) is 4.90 Å². The fraction of sp³-hybridized carbons (Fsp3) is 0. The number of amidine groups is 1. The number of nitrogens with zero attached hydrogens (tertiary/aromatic N) is 2. The summed E-state index contributed by atoms with van der Waals surface area (Å²) >= 11 is 1.47. The molecule has 0 fully saturated rings. The average Bonchev–Trinajstić information content (AvgIpc) is 2.61. The molecule has 3 nitrogen and oxygen atoms in total. The van der Waals surface area contributed by atoms with Crippen LogP contribution in [0.25, 0.3) is 0 Å². The third-order valence-electron chi connectivity index (χ3n) is 1.56. The Morgan fingerprint density at radius 3 is 2.69 bits per heavy atom. The van der Waals surface area contributed by atoms with Gasteiger partial charge in [-0.2, -0.15) is 0 Å². The van der Waals surface area contributed by atoms with Crippen molar-refractivity contribution in [3.8, 4) is 0 Å². The molecule has 1 heterocycles. The minimum absolute atomic E-state index is 0.734. The molecule has 0 unspecified atom stereocenters. The predicted molar refractivity (Wildman–Crippen MR) is 55.4 cm³/mol. The van der Waals surface area contributed by atoms with Crippen LogP contribution in [-0.2, 0) is 0 Å². The Hall–Kier alpha value is -1.42. The topological polar surface area (TPSA) is 52.5 Å². The highest BCUT2D eigenvalue weighted by atomic mass is 32.2. The quantitative estimate of drug-likeness (QED) is 0.686. The minimum Gasteiger partial charge on any atom is -0.398 e. The highest BCUT2D eigenvalue weighted by Gasteiger charge is 2.06. The summed E-state index contributed by atoms with van der Waals surface area (Å²) in [6.07, 6.45) is 3.34. The average molecular weight is 190 g/mol. The van der Waals surface area contributed by atoms with Gasteiger partial charge >= 0.3 is 0 Å². The SMILES string of the molecule is Nc1ccccc1SC1=NC=C[N]1. The maximum atomic E-state index is 5.76. The van der Waals surface area contributed by atoms with E-state index in [0.29, 0.717) is 0 Å². The molecule has 13 heavy (non-hydrogen) atoms. The molecular formula is C9H8N3S. The van der Waals surface area contributed by atoms with E-state index in [1.807, 2.05) is 24.3 Å². The maximum absolute atomic E-state index is 5.76. The Morgan fingerprint density at radius 2 is 2.00 bits per heavy atom. The lowest BCUT2D eigenvalue weighted by molar-refractivity contribution is 1.33. The molecule has 1 radical (unpaired) electrons. The summed E-state index contributed by atoms with van der Waals surface area (Å²) in [6.45, 7) is 0. The number of benzene rings is 1. The summed E-state index contributed by atoms with van der Waals surface area (Å²) in [5, 5.41) is 4.78. The normalized spacial score (nSPS) is 14.0. The zero-order valence-corrected chi connectivity index (χ0v) is 7.66. The van der Waals surface area contributed by atoms with Gasteiger partial charge in [0.25, 0.3) is 0 Å². The molecule has 0 saturated carbocycles. The van der Waals surface area contributed by atoms with Gasteiger partial charge in [-0.1, -0.05) is 12.1 Å². The van der Waals surface area contributed by atoms with E-state index < -0.39 is 0 Å². The fourth-order valence-corrected chi connectivity index (χ4v) is 1.71. The van der Waals surface area contributed by atoms with Crippen molar-refractivity contribution in [2.75, 3.05) is 5.73 Å². The zero-order chi connectivity index (χ0) is 9.10. The van der Waals surface area contributed by atoms with Gasteiger partial charge in [-0.25, -0.2) is 10.3 Å². The Morgan fingerprint density at radius 1 is 1.15 bits per heavy atom. The molecule has 0 aliphatic carbocycles. The van der Waals surface area contributed by atoms with Gasteiger partial charge in [0.1, 0.15) is 0 Å². The highest BCUT2D eigenvalue weighted by Crippen LogP contribution is 2.25. The van der Waals surface area contributed by atoms with Crippen LogP contribution in [-0.4, -0.2) is 5.17 Å². The van der Waals surface area contributed by atoms with Crippen molar-refractivity contribution in [1.29, 1.82) is 0 Å². The van der Waals surface area contributed by atoms with E-state index in [4.69, 9.17) is 5.73 Å². The van der Waals surface area contributed by atoms with Crippen molar-refractivity contribution in [3.63, 3.8) is 0 Å². The third-order valence-corrected chi connectivity index (χ3v) is 2.54. The highest BCUT2D eigenvalue weighted by molar-refractivity contribution is 8.14. The Balaban J connectivity index is 2.14. The molecular weight excluding hydrogens is 182 g/mol. The maximum Gasteiger partial charge on any atom is 0.192 e. The smallest absolute Gasteiger partial charge is 0.192 e. The van der Waals surface area contributed by atoms with E-state index >= 15 is 0 Å². The van der Waals surface area contributed by atoms with E-state index in [0.717, 1.165) is 15.8 Å². The number of hydrogen-bond donors (Lipinski definition) is 1. The monoisotopic (exact) mass is 190 g/mol. The fourth-order valence-electron chi connectivity index (χ4n) is 0.952. The van der Waals surface area contributed by atoms with Crippen LogP contribution in [0.3, 0.4) is 0 Å². The van der Waals surface area contributed by atoms with Crippen LogP contribution >= 0.6 is 11.8 Å². The standard InChI is InChI=1S/C9H8N3S/c10-7-3-1-2-4-8(7)13-9-11-5-6-12-9/h1-6H,10H2. The molecule has 0 spiro atoms. The molecule has 1 aromatic rings. The van der Waals surface area contributed by atoms with Gasteiger partial charge in [0.2, 0.25) is 0 Å². The van der Waals surface area contributed by atoms with Crippen LogP contribution in [0.15, 0.2) is 46.6 Å². The van der Waals surface area contributed by atoms with Gasteiger partial charge in [0, 0.05) is 23.0 Å². The molecule has 0 atom stereocenters. The summed E-state index contributed by atoms with van der Waals surface area (Å²) in [5.74, 6) is 0. The van der Waals surface area contributed by atoms with E-state index in [-0.39, 0.29) is 0 Å². The van der Waals surface area contributed by atoms with Gasteiger partial charge < -0.3 is 5.73 Å². The van der Waals surface area contributed by atoms with Crippen LogP contribution in [0.5, 0.6) is 0 Å². The van der Waals surface area contributed by atoms with Crippen LogP contribution in [0.4, 0.5) is 5.69 Å². The van der Waals surface area contributed by atoms with Crippen LogP contribution in [0.1, 0.15) is 0 Å². The summed E-state index contributed by atoms with van der Waals surface area (Å²) in [5.41, 5.74) is 6.52.